The minimum absolute atomic E-state index is 0.0407. The smallest absolute Gasteiger partial charge is 0.224 e. The van der Waals surface area contributed by atoms with Gasteiger partial charge in [0.05, 0.1) is 20.8 Å². The third-order valence-corrected chi connectivity index (χ3v) is 5.94. The number of piperidine rings is 1. The van der Waals surface area contributed by atoms with Crippen molar-refractivity contribution in [3.8, 4) is 11.5 Å². The summed E-state index contributed by atoms with van der Waals surface area (Å²) in [4.78, 5) is 32.6. The summed E-state index contributed by atoms with van der Waals surface area (Å²) in [6.45, 7) is 3.87. The molecule has 2 heterocycles. The molecule has 0 spiro atoms. The summed E-state index contributed by atoms with van der Waals surface area (Å²) in [5, 5.41) is 4.84. The van der Waals surface area contributed by atoms with E-state index in [1.54, 1.807) is 32.4 Å². The number of hydroxylamine groups is 2. The Balaban J connectivity index is 1.41. The van der Waals surface area contributed by atoms with Gasteiger partial charge >= 0.3 is 0 Å². The van der Waals surface area contributed by atoms with Crippen LogP contribution in [-0.2, 0) is 14.4 Å². The highest BCUT2D eigenvalue weighted by Crippen LogP contribution is 2.26. The number of hydrogen-bond acceptors (Lipinski definition) is 6. The molecule has 2 amide bonds. The van der Waals surface area contributed by atoms with Crippen LogP contribution in [0.2, 0.25) is 0 Å². The number of nitrogens with one attached hydrogen (secondary N) is 1. The van der Waals surface area contributed by atoms with Crippen LogP contribution in [0.5, 0.6) is 11.5 Å². The highest BCUT2D eigenvalue weighted by atomic mass is 16.7. The van der Waals surface area contributed by atoms with Gasteiger partial charge in [-0.25, -0.2) is 0 Å². The van der Waals surface area contributed by atoms with Gasteiger partial charge in [-0.05, 0) is 38.0 Å². The van der Waals surface area contributed by atoms with Crippen molar-refractivity contribution in [1.82, 2.24) is 9.96 Å². The Kier molecular flexibility index (Phi) is 8.97. The zero-order valence-electron chi connectivity index (χ0n) is 18.7. The summed E-state index contributed by atoms with van der Waals surface area (Å²) < 4.78 is 10.5. The fourth-order valence-corrected chi connectivity index (χ4v) is 4.17. The summed E-state index contributed by atoms with van der Waals surface area (Å²) in [7, 11) is 3.16. The van der Waals surface area contributed by atoms with Crippen molar-refractivity contribution >= 4 is 17.5 Å². The largest absolute Gasteiger partial charge is 0.497 e. The SMILES string of the molecule is COc1cc(NC(=O)CC[C@@H]2CCCN(C(=O)CCN3CCCCO3)C2)cc(OC)c1. The van der Waals surface area contributed by atoms with Crippen molar-refractivity contribution in [2.45, 2.75) is 44.9 Å². The normalized spacial score (nSPS) is 19.7. The number of carbonyl (C=O) groups is 2. The fourth-order valence-electron chi connectivity index (χ4n) is 4.17. The van der Waals surface area contributed by atoms with Crippen LogP contribution in [0.1, 0.15) is 44.9 Å². The zero-order valence-corrected chi connectivity index (χ0v) is 18.7. The van der Waals surface area contributed by atoms with E-state index < -0.39 is 0 Å². The molecule has 172 valence electrons. The summed E-state index contributed by atoms with van der Waals surface area (Å²) in [5.41, 5.74) is 0.654. The Labute approximate surface area is 184 Å². The lowest BCUT2D eigenvalue weighted by Crippen LogP contribution is -2.42. The first kappa shape index (κ1) is 23.3. The highest BCUT2D eigenvalue weighted by Gasteiger charge is 2.24. The number of benzene rings is 1. The zero-order chi connectivity index (χ0) is 22.1. The summed E-state index contributed by atoms with van der Waals surface area (Å²) in [6, 6.07) is 5.31. The maximum atomic E-state index is 12.6. The predicted molar refractivity (Wildman–Crippen MR) is 118 cm³/mol. The minimum atomic E-state index is -0.0407. The quantitative estimate of drug-likeness (QED) is 0.645. The molecule has 1 N–H and O–H groups in total. The molecule has 31 heavy (non-hydrogen) atoms. The Hall–Kier alpha value is -2.32. The van der Waals surface area contributed by atoms with Gasteiger partial charge in [0.1, 0.15) is 11.5 Å². The Bertz CT molecular complexity index is 714. The monoisotopic (exact) mass is 433 g/mol. The van der Waals surface area contributed by atoms with Crippen LogP contribution in [0.15, 0.2) is 18.2 Å². The van der Waals surface area contributed by atoms with Crippen LogP contribution in [0.25, 0.3) is 0 Å². The van der Waals surface area contributed by atoms with Crippen molar-refractivity contribution in [2.24, 2.45) is 5.92 Å². The summed E-state index contributed by atoms with van der Waals surface area (Å²) in [6.07, 6.45) is 5.96. The number of likely N-dealkylation sites (tertiary alicyclic amines) is 1. The predicted octanol–water partition coefficient (Wildman–Crippen LogP) is 3.08. The number of carbonyl (C=O) groups excluding carboxylic acids is 2. The molecule has 8 heteroatoms. The van der Waals surface area contributed by atoms with Gasteiger partial charge in [0.2, 0.25) is 11.8 Å². The van der Waals surface area contributed by atoms with E-state index in [2.05, 4.69) is 5.32 Å². The minimum Gasteiger partial charge on any atom is -0.497 e. The Morgan fingerprint density at radius 3 is 2.52 bits per heavy atom. The number of hydrogen-bond donors (Lipinski definition) is 1. The lowest BCUT2D eigenvalue weighted by atomic mass is 9.93. The topological polar surface area (TPSA) is 80.3 Å². The van der Waals surface area contributed by atoms with Gasteiger partial charge in [-0.1, -0.05) is 0 Å². The molecule has 2 aliphatic rings. The maximum Gasteiger partial charge on any atom is 0.224 e. The number of ether oxygens (including phenoxy) is 2. The molecular formula is C23H35N3O5. The molecule has 2 fully saturated rings. The second-order valence-corrected chi connectivity index (χ2v) is 8.26. The Morgan fingerprint density at radius 1 is 1.06 bits per heavy atom. The summed E-state index contributed by atoms with van der Waals surface area (Å²) >= 11 is 0. The van der Waals surface area contributed by atoms with Gasteiger partial charge in [0.25, 0.3) is 0 Å². The number of methoxy groups -OCH3 is 2. The molecule has 0 aliphatic carbocycles. The average molecular weight is 434 g/mol. The fraction of sp³-hybridized carbons (Fsp3) is 0.652. The van der Waals surface area contributed by atoms with Crippen molar-refractivity contribution in [3.05, 3.63) is 18.2 Å². The van der Waals surface area contributed by atoms with Crippen molar-refractivity contribution in [3.63, 3.8) is 0 Å². The van der Waals surface area contributed by atoms with E-state index in [9.17, 15) is 9.59 Å². The van der Waals surface area contributed by atoms with Gasteiger partial charge in [-0.3, -0.25) is 14.4 Å². The van der Waals surface area contributed by atoms with Crippen LogP contribution in [0.4, 0.5) is 5.69 Å². The summed E-state index contributed by atoms with van der Waals surface area (Å²) in [5.74, 6) is 1.76. The lowest BCUT2D eigenvalue weighted by Gasteiger charge is -2.33. The van der Waals surface area contributed by atoms with Gasteiger partial charge < -0.3 is 19.7 Å². The van der Waals surface area contributed by atoms with Gasteiger partial charge in [0, 0.05) is 62.9 Å². The van der Waals surface area contributed by atoms with Crippen LogP contribution < -0.4 is 14.8 Å². The molecule has 2 saturated heterocycles. The highest BCUT2D eigenvalue weighted by molar-refractivity contribution is 5.91. The van der Waals surface area contributed by atoms with Crippen molar-refractivity contribution < 1.29 is 23.9 Å². The molecule has 8 nitrogen and oxygen atoms in total. The van der Waals surface area contributed by atoms with Crippen LogP contribution in [0, 0.1) is 5.92 Å². The van der Waals surface area contributed by atoms with Gasteiger partial charge in [-0.15, -0.1) is 0 Å². The van der Waals surface area contributed by atoms with E-state index in [0.29, 0.717) is 42.5 Å². The van der Waals surface area contributed by atoms with Crippen LogP contribution >= 0.6 is 0 Å². The average Bonchev–Trinajstić information content (AvgIpc) is 2.81. The van der Waals surface area contributed by atoms with E-state index in [1.807, 2.05) is 9.96 Å². The molecular weight excluding hydrogens is 398 g/mol. The molecule has 1 aromatic carbocycles. The third-order valence-electron chi connectivity index (χ3n) is 5.94. The first-order valence-corrected chi connectivity index (χ1v) is 11.3. The number of anilines is 1. The van der Waals surface area contributed by atoms with E-state index in [0.717, 1.165) is 58.3 Å². The lowest BCUT2D eigenvalue weighted by molar-refractivity contribution is -0.182. The Morgan fingerprint density at radius 2 is 1.84 bits per heavy atom. The maximum absolute atomic E-state index is 12.6. The van der Waals surface area contributed by atoms with Gasteiger partial charge in [0.15, 0.2) is 0 Å². The molecule has 0 bridgehead atoms. The van der Waals surface area contributed by atoms with Crippen LogP contribution in [0.3, 0.4) is 0 Å². The molecule has 1 atom stereocenters. The molecule has 0 unspecified atom stereocenters. The van der Waals surface area contributed by atoms with E-state index >= 15 is 0 Å². The molecule has 3 rings (SSSR count). The molecule has 0 radical (unpaired) electrons. The van der Waals surface area contributed by atoms with Gasteiger partial charge in [-0.2, -0.15) is 5.06 Å². The molecule has 0 saturated carbocycles. The first-order valence-electron chi connectivity index (χ1n) is 11.3. The first-order chi connectivity index (χ1) is 15.1. The number of rotatable bonds is 9. The van der Waals surface area contributed by atoms with Crippen LogP contribution in [-0.4, -0.2) is 68.8 Å². The van der Waals surface area contributed by atoms with E-state index in [-0.39, 0.29) is 11.8 Å². The molecule has 2 aliphatic heterocycles. The third kappa shape index (κ3) is 7.40. The number of nitrogens with zero attached hydrogens (tertiary/aromatic N) is 2. The van der Waals surface area contributed by atoms with E-state index in [1.165, 1.54) is 0 Å². The molecule has 1 aromatic rings. The number of amides is 2. The molecule has 0 aromatic heterocycles. The van der Waals surface area contributed by atoms with Crippen molar-refractivity contribution in [1.29, 1.82) is 0 Å². The van der Waals surface area contributed by atoms with E-state index in [4.69, 9.17) is 14.3 Å². The second kappa shape index (κ2) is 11.9. The van der Waals surface area contributed by atoms with Crippen molar-refractivity contribution in [2.75, 3.05) is 52.3 Å². The standard InChI is InChI=1S/C23H35N3O5/c1-29-20-14-19(15-21(16-20)30-2)24-22(27)8-7-18-6-5-10-25(17-18)23(28)9-12-26-11-3-4-13-31-26/h14-16,18H,3-13,17H2,1-2H3,(H,24,27)/t18-/m0/s1. The second-order valence-electron chi connectivity index (χ2n) is 8.26.